The molecule has 0 radical (unpaired) electrons. The average molecular weight is 292 g/mol. The summed E-state index contributed by atoms with van der Waals surface area (Å²) in [6.45, 7) is 1.78. The van der Waals surface area contributed by atoms with Gasteiger partial charge >= 0.3 is 0 Å². The maximum absolute atomic E-state index is 4.34. The molecule has 3 aromatic rings. The van der Waals surface area contributed by atoms with E-state index in [1.165, 1.54) is 24.8 Å². The van der Waals surface area contributed by atoms with Crippen molar-refractivity contribution in [3.63, 3.8) is 0 Å². The van der Waals surface area contributed by atoms with Crippen molar-refractivity contribution in [2.75, 3.05) is 0 Å². The third-order valence-electron chi connectivity index (χ3n) is 4.56. The third-order valence-corrected chi connectivity index (χ3v) is 4.56. The minimum atomic E-state index is 0.670. The molecule has 0 spiro atoms. The van der Waals surface area contributed by atoms with Crippen molar-refractivity contribution in [3.8, 4) is 0 Å². The van der Waals surface area contributed by atoms with Gasteiger partial charge in [-0.2, -0.15) is 0 Å². The second-order valence-corrected chi connectivity index (χ2v) is 6.04. The van der Waals surface area contributed by atoms with Gasteiger partial charge in [-0.15, -0.1) is 5.10 Å². The molecule has 4 rings (SSSR count). The first-order chi connectivity index (χ1) is 10.9. The number of hydrogen-bond acceptors (Lipinski definition) is 3. The van der Waals surface area contributed by atoms with E-state index >= 15 is 0 Å². The largest absolute Gasteiger partial charge is 0.277 e. The number of fused-ring (bicyclic) bond motifs is 1. The highest BCUT2D eigenvalue weighted by molar-refractivity contribution is 5.73. The van der Waals surface area contributed by atoms with Crippen LogP contribution in [-0.2, 0) is 13.2 Å². The van der Waals surface area contributed by atoms with E-state index in [0.717, 1.165) is 24.2 Å². The van der Waals surface area contributed by atoms with E-state index in [1.807, 2.05) is 22.9 Å². The average Bonchev–Trinajstić information content (AvgIpc) is 2.90. The highest BCUT2D eigenvalue weighted by atomic mass is 15.5. The molecule has 0 amide bonds. The summed E-state index contributed by atoms with van der Waals surface area (Å²) in [5.41, 5.74) is 3.44. The van der Waals surface area contributed by atoms with E-state index in [0.29, 0.717) is 6.04 Å². The molecule has 0 unspecified atom stereocenters. The molecule has 0 atom stereocenters. The molecule has 0 bridgehead atoms. The molecule has 1 fully saturated rings. The Labute approximate surface area is 130 Å². The van der Waals surface area contributed by atoms with Gasteiger partial charge in [0.05, 0.1) is 12.2 Å². The van der Waals surface area contributed by atoms with Crippen molar-refractivity contribution in [1.29, 1.82) is 0 Å². The highest BCUT2D eigenvalue weighted by Gasteiger charge is 2.25. The lowest BCUT2D eigenvalue weighted by Crippen LogP contribution is -2.40. The zero-order valence-electron chi connectivity index (χ0n) is 12.6. The quantitative estimate of drug-likeness (QED) is 0.722. The van der Waals surface area contributed by atoms with Crippen LogP contribution in [0.3, 0.4) is 0 Å². The van der Waals surface area contributed by atoms with Crippen LogP contribution < -0.4 is 0 Å². The minimum Gasteiger partial charge on any atom is -0.277 e. The molecular weight excluding hydrogens is 272 g/mol. The molecule has 0 N–H and O–H groups in total. The lowest BCUT2D eigenvalue weighted by atomic mass is 9.91. The Morgan fingerprint density at radius 3 is 2.55 bits per heavy atom. The molecule has 2 aromatic carbocycles. The summed E-state index contributed by atoms with van der Waals surface area (Å²) < 4.78 is 2.02. The predicted octanol–water partition coefficient (Wildman–Crippen LogP) is 3.44. The SMILES string of the molecule is c1ccc(CN(Cn2nnc3ccccc32)C2CCC2)cc1. The number of benzene rings is 2. The Morgan fingerprint density at radius 2 is 1.77 bits per heavy atom. The van der Waals surface area contributed by atoms with Crippen LogP contribution in [-0.4, -0.2) is 25.9 Å². The van der Waals surface area contributed by atoms with Crippen LogP contribution in [0.5, 0.6) is 0 Å². The monoisotopic (exact) mass is 292 g/mol. The lowest BCUT2D eigenvalue weighted by molar-refractivity contribution is 0.0811. The van der Waals surface area contributed by atoms with Gasteiger partial charge in [-0.1, -0.05) is 54.1 Å². The van der Waals surface area contributed by atoms with Gasteiger partial charge in [0.2, 0.25) is 0 Å². The Morgan fingerprint density at radius 1 is 1.00 bits per heavy atom. The van der Waals surface area contributed by atoms with Gasteiger partial charge in [-0.05, 0) is 30.5 Å². The van der Waals surface area contributed by atoms with E-state index in [9.17, 15) is 0 Å². The Hall–Kier alpha value is -2.20. The molecule has 112 valence electrons. The van der Waals surface area contributed by atoms with Crippen molar-refractivity contribution in [2.24, 2.45) is 0 Å². The fourth-order valence-electron chi connectivity index (χ4n) is 3.06. The number of aromatic nitrogens is 3. The summed E-state index contributed by atoms with van der Waals surface area (Å²) in [6, 6.07) is 19.5. The van der Waals surface area contributed by atoms with Crippen LogP contribution in [0.15, 0.2) is 54.6 Å². The molecule has 1 aliphatic carbocycles. The van der Waals surface area contributed by atoms with Gasteiger partial charge in [0.1, 0.15) is 5.52 Å². The summed E-state index contributed by atoms with van der Waals surface area (Å²) in [6.07, 6.45) is 3.92. The standard InChI is InChI=1S/C18H20N4/c1-2-7-15(8-3-1)13-21(16-9-6-10-16)14-22-18-12-5-4-11-17(18)19-20-22/h1-5,7-8,11-12,16H,6,9-10,13-14H2. The summed E-state index contributed by atoms with van der Waals surface area (Å²) in [5, 5.41) is 8.61. The van der Waals surface area contributed by atoms with E-state index in [4.69, 9.17) is 0 Å². The number of nitrogens with zero attached hydrogens (tertiary/aromatic N) is 4. The van der Waals surface area contributed by atoms with Gasteiger partial charge in [-0.3, -0.25) is 4.90 Å². The van der Waals surface area contributed by atoms with Gasteiger partial charge in [0, 0.05) is 12.6 Å². The summed E-state index contributed by atoms with van der Waals surface area (Å²) in [7, 11) is 0. The number of rotatable bonds is 5. The van der Waals surface area contributed by atoms with E-state index < -0.39 is 0 Å². The molecule has 0 saturated heterocycles. The summed E-state index contributed by atoms with van der Waals surface area (Å²) in [5.74, 6) is 0. The Bertz CT molecular complexity index is 746. The van der Waals surface area contributed by atoms with Crippen LogP contribution in [0.25, 0.3) is 11.0 Å². The van der Waals surface area contributed by atoms with Crippen LogP contribution >= 0.6 is 0 Å². The van der Waals surface area contributed by atoms with Crippen LogP contribution in [0, 0.1) is 0 Å². The van der Waals surface area contributed by atoms with Gasteiger partial charge in [0.15, 0.2) is 0 Å². The number of hydrogen-bond donors (Lipinski definition) is 0. The van der Waals surface area contributed by atoms with Crippen molar-refractivity contribution in [3.05, 3.63) is 60.2 Å². The summed E-state index contributed by atoms with van der Waals surface area (Å²) >= 11 is 0. The zero-order valence-corrected chi connectivity index (χ0v) is 12.6. The van der Waals surface area contributed by atoms with E-state index in [1.54, 1.807) is 0 Å². The second kappa shape index (κ2) is 5.89. The van der Waals surface area contributed by atoms with Crippen LogP contribution in [0.2, 0.25) is 0 Å². The third kappa shape index (κ3) is 2.62. The maximum Gasteiger partial charge on any atom is 0.113 e. The van der Waals surface area contributed by atoms with E-state index in [-0.39, 0.29) is 0 Å². The van der Waals surface area contributed by atoms with Gasteiger partial charge < -0.3 is 0 Å². The first kappa shape index (κ1) is 13.5. The first-order valence-corrected chi connectivity index (χ1v) is 7.96. The molecule has 4 heteroatoms. The smallest absolute Gasteiger partial charge is 0.113 e. The van der Waals surface area contributed by atoms with Gasteiger partial charge in [-0.25, -0.2) is 4.68 Å². The first-order valence-electron chi connectivity index (χ1n) is 7.96. The molecule has 1 saturated carbocycles. The normalized spacial score (nSPS) is 15.3. The minimum absolute atomic E-state index is 0.670. The van der Waals surface area contributed by atoms with Crippen LogP contribution in [0.4, 0.5) is 0 Å². The Balaban J connectivity index is 1.58. The summed E-state index contributed by atoms with van der Waals surface area (Å²) in [4.78, 5) is 2.53. The molecule has 22 heavy (non-hydrogen) atoms. The van der Waals surface area contributed by atoms with Crippen molar-refractivity contribution in [1.82, 2.24) is 19.9 Å². The molecular formula is C18H20N4. The second-order valence-electron chi connectivity index (χ2n) is 6.04. The maximum atomic E-state index is 4.34. The topological polar surface area (TPSA) is 34.0 Å². The zero-order chi connectivity index (χ0) is 14.8. The Kier molecular flexibility index (Phi) is 3.60. The van der Waals surface area contributed by atoms with Crippen molar-refractivity contribution in [2.45, 2.75) is 38.5 Å². The lowest BCUT2D eigenvalue weighted by Gasteiger charge is -2.37. The predicted molar refractivity (Wildman–Crippen MR) is 87.2 cm³/mol. The number of para-hydroxylation sites is 1. The fraction of sp³-hybridized carbons (Fsp3) is 0.333. The van der Waals surface area contributed by atoms with Crippen LogP contribution in [0.1, 0.15) is 24.8 Å². The molecule has 0 aliphatic heterocycles. The fourth-order valence-corrected chi connectivity index (χ4v) is 3.06. The molecule has 1 aromatic heterocycles. The molecule has 4 nitrogen and oxygen atoms in total. The molecule has 1 aliphatic rings. The van der Waals surface area contributed by atoms with Crippen molar-refractivity contribution >= 4 is 11.0 Å². The van der Waals surface area contributed by atoms with Crippen molar-refractivity contribution < 1.29 is 0 Å². The van der Waals surface area contributed by atoms with E-state index in [2.05, 4.69) is 51.6 Å². The molecule has 1 heterocycles. The van der Waals surface area contributed by atoms with Gasteiger partial charge in [0.25, 0.3) is 0 Å². The highest BCUT2D eigenvalue weighted by Crippen LogP contribution is 2.27.